The van der Waals surface area contributed by atoms with E-state index < -0.39 is 0 Å². The van der Waals surface area contributed by atoms with Crippen molar-refractivity contribution in [1.29, 1.82) is 0 Å². The molecule has 0 spiro atoms. The summed E-state index contributed by atoms with van der Waals surface area (Å²) >= 11 is 0. The lowest BCUT2D eigenvalue weighted by Crippen LogP contribution is -2.18. The van der Waals surface area contributed by atoms with Gasteiger partial charge in [0, 0.05) is 29.3 Å². The smallest absolute Gasteiger partial charge is 0.271 e. The third-order valence-corrected chi connectivity index (χ3v) is 6.44. The SMILES string of the molecule is CCCCCCC(=O)Nc1cccc(C(=O)NN=Cc2cc(OCc3ccccc3)cc(OCc3ccccc3)c2)c1. The van der Waals surface area contributed by atoms with Gasteiger partial charge in [-0.2, -0.15) is 5.10 Å². The minimum atomic E-state index is -0.387. The molecular weight excluding hydrogens is 526 g/mol. The van der Waals surface area contributed by atoms with Crippen molar-refractivity contribution in [2.45, 2.75) is 52.2 Å². The molecule has 7 heteroatoms. The summed E-state index contributed by atoms with van der Waals surface area (Å²) in [5, 5.41) is 7.03. The topological polar surface area (TPSA) is 89.0 Å². The summed E-state index contributed by atoms with van der Waals surface area (Å²) in [5.74, 6) is 0.800. The highest BCUT2D eigenvalue weighted by Gasteiger charge is 2.08. The Hall–Kier alpha value is -4.91. The number of hydrogen-bond acceptors (Lipinski definition) is 5. The highest BCUT2D eigenvalue weighted by atomic mass is 16.5. The summed E-state index contributed by atoms with van der Waals surface area (Å²) in [5.41, 5.74) is 6.33. The Morgan fingerprint density at radius 3 is 2.00 bits per heavy atom. The summed E-state index contributed by atoms with van der Waals surface area (Å²) in [4.78, 5) is 25.0. The normalized spacial score (nSPS) is 10.8. The molecule has 0 fully saturated rings. The zero-order valence-electron chi connectivity index (χ0n) is 23.9. The summed E-state index contributed by atoms with van der Waals surface area (Å²) in [7, 11) is 0. The molecule has 0 radical (unpaired) electrons. The van der Waals surface area contributed by atoms with Crippen LogP contribution in [0.1, 0.15) is 66.1 Å². The van der Waals surface area contributed by atoms with Gasteiger partial charge in [0.2, 0.25) is 5.91 Å². The van der Waals surface area contributed by atoms with Crippen LogP contribution in [-0.4, -0.2) is 18.0 Å². The monoisotopic (exact) mass is 563 g/mol. The van der Waals surface area contributed by atoms with Crippen molar-refractivity contribution in [3.8, 4) is 11.5 Å². The van der Waals surface area contributed by atoms with Crippen molar-refractivity contribution in [2.24, 2.45) is 5.10 Å². The predicted molar refractivity (Wildman–Crippen MR) is 167 cm³/mol. The average molecular weight is 564 g/mol. The first-order chi connectivity index (χ1) is 20.6. The van der Waals surface area contributed by atoms with Crippen molar-refractivity contribution in [3.63, 3.8) is 0 Å². The second-order valence-electron chi connectivity index (χ2n) is 9.93. The largest absolute Gasteiger partial charge is 0.489 e. The van der Waals surface area contributed by atoms with E-state index in [0.29, 0.717) is 47.9 Å². The standard InChI is InChI=1S/C35H37N3O4/c1-2-3-4-11-19-34(39)37-31-18-12-17-30(22-31)35(40)38-36-24-29-20-32(41-25-27-13-7-5-8-14-27)23-33(21-29)42-26-28-15-9-6-10-16-28/h5-10,12-18,20-24H,2-4,11,19,25-26H2,1H3,(H,37,39)(H,38,40). The number of anilines is 1. The first-order valence-electron chi connectivity index (χ1n) is 14.3. The van der Waals surface area contributed by atoms with Gasteiger partial charge in [0.25, 0.3) is 5.91 Å². The molecule has 4 rings (SSSR count). The zero-order chi connectivity index (χ0) is 29.4. The van der Waals surface area contributed by atoms with E-state index in [-0.39, 0.29) is 11.8 Å². The van der Waals surface area contributed by atoms with Crippen molar-refractivity contribution < 1.29 is 19.1 Å². The molecule has 0 aliphatic rings. The minimum Gasteiger partial charge on any atom is -0.489 e. The Bertz CT molecular complexity index is 1390. The van der Waals surface area contributed by atoms with Crippen LogP contribution in [-0.2, 0) is 18.0 Å². The predicted octanol–water partition coefficient (Wildman–Crippen LogP) is 7.52. The molecule has 2 amide bonds. The van der Waals surface area contributed by atoms with E-state index in [1.807, 2.05) is 78.9 Å². The first-order valence-corrected chi connectivity index (χ1v) is 14.3. The van der Waals surface area contributed by atoms with Crippen LogP contribution in [0.15, 0.2) is 108 Å². The molecule has 2 N–H and O–H groups in total. The van der Waals surface area contributed by atoms with Crippen molar-refractivity contribution in [1.82, 2.24) is 5.43 Å². The van der Waals surface area contributed by atoms with Crippen LogP contribution in [0.4, 0.5) is 5.69 Å². The van der Waals surface area contributed by atoms with Gasteiger partial charge in [-0.1, -0.05) is 92.9 Å². The molecule has 0 heterocycles. The van der Waals surface area contributed by atoms with Crippen molar-refractivity contribution in [2.75, 3.05) is 5.32 Å². The third kappa shape index (κ3) is 10.2. The first kappa shape index (κ1) is 30.1. The second kappa shape index (κ2) is 16.4. The van der Waals surface area contributed by atoms with E-state index in [2.05, 4.69) is 22.8 Å². The molecule has 0 atom stereocenters. The van der Waals surface area contributed by atoms with Crippen LogP contribution < -0.4 is 20.2 Å². The number of benzene rings is 4. The molecule has 0 saturated heterocycles. The fraction of sp³-hybridized carbons (Fsp3) is 0.229. The van der Waals surface area contributed by atoms with Gasteiger partial charge < -0.3 is 14.8 Å². The van der Waals surface area contributed by atoms with Crippen LogP contribution in [0.2, 0.25) is 0 Å². The molecule has 0 saturated carbocycles. The lowest BCUT2D eigenvalue weighted by atomic mass is 10.1. The van der Waals surface area contributed by atoms with Gasteiger partial charge in [-0.3, -0.25) is 9.59 Å². The lowest BCUT2D eigenvalue weighted by molar-refractivity contribution is -0.116. The third-order valence-electron chi connectivity index (χ3n) is 6.44. The van der Waals surface area contributed by atoms with E-state index in [0.717, 1.165) is 36.8 Å². The number of amides is 2. The maximum absolute atomic E-state index is 12.8. The number of hydrogen-bond donors (Lipinski definition) is 2. The number of ether oxygens (including phenoxy) is 2. The fourth-order valence-corrected chi connectivity index (χ4v) is 4.22. The maximum atomic E-state index is 12.8. The number of nitrogens with zero attached hydrogens (tertiary/aromatic N) is 1. The van der Waals surface area contributed by atoms with Crippen LogP contribution >= 0.6 is 0 Å². The summed E-state index contributed by atoms with van der Waals surface area (Å²) in [6, 6.07) is 32.1. The van der Waals surface area contributed by atoms with Gasteiger partial charge in [0.15, 0.2) is 0 Å². The molecule has 0 aliphatic carbocycles. The van der Waals surface area contributed by atoms with Gasteiger partial charge in [0.1, 0.15) is 24.7 Å². The van der Waals surface area contributed by atoms with E-state index in [4.69, 9.17) is 9.47 Å². The lowest BCUT2D eigenvalue weighted by Gasteiger charge is -2.11. The Kier molecular flexibility index (Phi) is 11.7. The summed E-state index contributed by atoms with van der Waals surface area (Å²) < 4.78 is 12.1. The van der Waals surface area contributed by atoms with Crippen molar-refractivity contribution in [3.05, 3.63) is 125 Å². The number of rotatable bonds is 15. The Morgan fingerprint density at radius 2 is 1.38 bits per heavy atom. The molecule has 0 aliphatic heterocycles. The molecule has 4 aromatic rings. The molecular formula is C35H37N3O4. The average Bonchev–Trinajstić information content (AvgIpc) is 3.02. The molecule has 0 aromatic heterocycles. The highest BCUT2D eigenvalue weighted by Crippen LogP contribution is 2.24. The second-order valence-corrected chi connectivity index (χ2v) is 9.93. The molecule has 7 nitrogen and oxygen atoms in total. The Morgan fingerprint density at radius 1 is 0.738 bits per heavy atom. The number of unbranched alkanes of at least 4 members (excludes halogenated alkanes) is 3. The van der Waals surface area contributed by atoms with Crippen LogP contribution in [0.25, 0.3) is 0 Å². The Balaban J connectivity index is 1.39. The van der Waals surface area contributed by atoms with Gasteiger partial charge in [0.05, 0.1) is 6.21 Å². The van der Waals surface area contributed by atoms with Crippen LogP contribution in [0.5, 0.6) is 11.5 Å². The Labute approximate surface area is 247 Å². The summed E-state index contributed by atoms with van der Waals surface area (Å²) in [6.45, 7) is 2.95. The van der Waals surface area contributed by atoms with Gasteiger partial charge in [-0.15, -0.1) is 0 Å². The van der Waals surface area contributed by atoms with E-state index in [1.54, 1.807) is 30.5 Å². The fourth-order valence-electron chi connectivity index (χ4n) is 4.22. The van der Waals surface area contributed by atoms with Crippen molar-refractivity contribution >= 4 is 23.7 Å². The molecule has 0 bridgehead atoms. The number of carbonyl (C=O) groups is 2. The highest BCUT2D eigenvalue weighted by molar-refractivity contribution is 5.97. The quantitative estimate of drug-likeness (QED) is 0.0890. The molecule has 0 unspecified atom stereocenters. The zero-order valence-corrected chi connectivity index (χ0v) is 23.9. The van der Waals surface area contributed by atoms with Crippen LogP contribution in [0.3, 0.4) is 0 Å². The molecule has 42 heavy (non-hydrogen) atoms. The van der Waals surface area contributed by atoms with E-state index in [9.17, 15) is 9.59 Å². The minimum absolute atomic E-state index is 0.0543. The molecule has 216 valence electrons. The number of nitrogens with one attached hydrogen (secondary N) is 2. The van der Waals surface area contributed by atoms with Gasteiger partial charge >= 0.3 is 0 Å². The summed E-state index contributed by atoms with van der Waals surface area (Å²) in [6.07, 6.45) is 6.14. The number of hydrazone groups is 1. The van der Waals surface area contributed by atoms with Gasteiger partial charge in [-0.25, -0.2) is 5.43 Å². The van der Waals surface area contributed by atoms with Crippen LogP contribution in [0, 0.1) is 0 Å². The maximum Gasteiger partial charge on any atom is 0.271 e. The van der Waals surface area contributed by atoms with Gasteiger partial charge in [-0.05, 0) is 47.9 Å². The van der Waals surface area contributed by atoms with E-state index in [1.165, 1.54) is 0 Å². The van der Waals surface area contributed by atoms with E-state index >= 15 is 0 Å². The molecule has 4 aromatic carbocycles. The number of carbonyl (C=O) groups excluding carboxylic acids is 2.